The maximum absolute atomic E-state index is 12.8. The molecule has 0 atom stereocenters. The SMILES string of the molecule is Cc1nc2ccccc2nc1C(=O)/C=C/c1ccc(F)cc1. The summed E-state index contributed by atoms with van der Waals surface area (Å²) in [6.45, 7) is 1.76. The third kappa shape index (κ3) is 2.91. The van der Waals surface area contributed by atoms with E-state index in [1.165, 1.54) is 18.2 Å². The van der Waals surface area contributed by atoms with E-state index in [0.29, 0.717) is 16.9 Å². The van der Waals surface area contributed by atoms with Crippen molar-refractivity contribution >= 4 is 22.9 Å². The number of rotatable bonds is 3. The van der Waals surface area contributed by atoms with Crippen molar-refractivity contribution in [2.75, 3.05) is 0 Å². The Morgan fingerprint density at radius 3 is 2.32 bits per heavy atom. The summed E-state index contributed by atoms with van der Waals surface area (Å²) in [5.41, 5.74) is 3.12. The Morgan fingerprint density at radius 1 is 1.00 bits per heavy atom. The summed E-state index contributed by atoms with van der Waals surface area (Å²) in [6, 6.07) is 13.3. The fraction of sp³-hybridized carbons (Fsp3) is 0.0556. The molecule has 22 heavy (non-hydrogen) atoms. The molecular weight excluding hydrogens is 279 g/mol. The molecule has 3 rings (SSSR count). The van der Waals surface area contributed by atoms with Gasteiger partial charge in [-0.1, -0.05) is 30.3 Å². The van der Waals surface area contributed by atoms with E-state index in [9.17, 15) is 9.18 Å². The second-order valence-electron chi connectivity index (χ2n) is 4.90. The van der Waals surface area contributed by atoms with Crippen molar-refractivity contribution in [3.05, 3.63) is 77.4 Å². The van der Waals surface area contributed by atoms with E-state index in [-0.39, 0.29) is 11.6 Å². The second-order valence-corrected chi connectivity index (χ2v) is 4.90. The lowest BCUT2D eigenvalue weighted by Gasteiger charge is -2.03. The highest BCUT2D eigenvalue weighted by Crippen LogP contribution is 2.13. The van der Waals surface area contributed by atoms with Gasteiger partial charge in [-0.05, 0) is 42.8 Å². The number of aryl methyl sites for hydroxylation is 1. The first-order valence-corrected chi connectivity index (χ1v) is 6.85. The largest absolute Gasteiger partial charge is 0.287 e. The molecule has 0 aliphatic heterocycles. The number of benzene rings is 2. The summed E-state index contributed by atoms with van der Waals surface area (Å²) in [5, 5.41) is 0. The molecule has 0 fully saturated rings. The van der Waals surface area contributed by atoms with E-state index in [1.54, 1.807) is 25.1 Å². The van der Waals surface area contributed by atoms with Crippen LogP contribution in [0.4, 0.5) is 4.39 Å². The van der Waals surface area contributed by atoms with Gasteiger partial charge in [-0.25, -0.2) is 14.4 Å². The van der Waals surface area contributed by atoms with Gasteiger partial charge >= 0.3 is 0 Å². The Kier molecular flexibility index (Phi) is 3.74. The minimum absolute atomic E-state index is 0.222. The van der Waals surface area contributed by atoms with Crippen molar-refractivity contribution in [1.82, 2.24) is 9.97 Å². The van der Waals surface area contributed by atoms with E-state index < -0.39 is 0 Å². The number of allylic oxidation sites excluding steroid dienone is 1. The Hall–Kier alpha value is -2.88. The Bertz CT molecular complexity index is 870. The van der Waals surface area contributed by atoms with E-state index >= 15 is 0 Å². The summed E-state index contributed by atoms with van der Waals surface area (Å²) in [5.74, 6) is -0.528. The molecule has 0 bridgehead atoms. The van der Waals surface area contributed by atoms with Gasteiger partial charge in [0.2, 0.25) is 5.78 Å². The van der Waals surface area contributed by atoms with Crippen molar-refractivity contribution in [2.24, 2.45) is 0 Å². The maximum atomic E-state index is 12.8. The van der Waals surface area contributed by atoms with Crippen molar-refractivity contribution in [1.29, 1.82) is 0 Å². The Labute approximate surface area is 127 Å². The average molecular weight is 292 g/mol. The van der Waals surface area contributed by atoms with E-state index in [2.05, 4.69) is 9.97 Å². The van der Waals surface area contributed by atoms with Gasteiger partial charge in [0.15, 0.2) is 0 Å². The molecule has 0 N–H and O–H groups in total. The van der Waals surface area contributed by atoms with Crippen LogP contribution in [0.5, 0.6) is 0 Å². The summed E-state index contributed by atoms with van der Waals surface area (Å²) < 4.78 is 12.8. The number of hydrogen-bond donors (Lipinski definition) is 0. The number of nitrogens with zero attached hydrogens (tertiary/aromatic N) is 2. The van der Waals surface area contributed by atoms with E-state index in [1.807, 2.05) is 24.3 Å². The van der Waals surface area contributed by atoms with Crippen LogP contribution in [0.2, 0.25) is 0 Å². The fourth-order valence-electron chi connectivity index (χ4n) is 2.15. The van der Waals surface area contributed by atoms with E-state index in [0.717, 1.165) is 11.1 Å². The number of para-hydroxylation sites is 2. The molecule has 3 nitrogen and oxygen atoms in total. The monoisotopic (exact) mass is 292 g/mol. The quantitative estimate of drug-likeness (QED) is 0.542. The Balaban J connectivity index is 1.91. The van der Waals surface area contributed by atoms with Gasteiger partial charge in [-0.3, -0.25) is 4.79 Å². The Morgan fingerprint density at radius 2 is 1.64 bits per heavy atom. The number of fused-ring (bicyclic) bond motifs is 1. The van der Waals surface area contributed by atoms with Gasteiger partial charge in [0, 0.05) is 0 Å². The molecule has 0 spiro atoms. The molecular formula is C18H13FN2O. The molecule has 0 amide bonds. The first-order valence-electron chi connectivity index (χ1n) is 6.85. The van der Waals surface area contributed by atoms with Crippen molar-refractivity contribution in [3.8, 4) is 0 Å². The van der Waals surface area contributed by atoms with Gasteiger partial charge in [-0.2, -0.15) is 0 Å². The van der Waals surface area contributed by atoms with Crippen molar-refractivity contribution in [3.63, 3.8) is 0 Å². The summed E-state index contributed by atoms with van der Waals surface area (Å²) in [7, 11) is 0. The van der Waals surface area contributed by atoms with Crippen LogP contribution < -0.4 is 0 Å². The smallest absolute Gasteiger partial charge is 0.206 e. The summed E-state index contributed by atoms with van der Waals surface area (Å²) in [6.07, 6.45) is 3.07. The maximum Gasteiger partial charge on any atom is 0.206 e. The molecule has 0 radical (unpaired) electrons. The molecule has 0 unspecified atom stereocenters. The van der Waals surface area contributed by atoms with Crippen LogP contribution in [0.3, 0.4) is 0 Å². The summed E-state index contributed by atoms with van der Waals surface area (Å²) >= 11 is 0. The van der Waals surface area contributed by atoms with Gasteiger partial charge < -0.3 is 0 Å². The van der Waals surface area contributed by atoms with Crippen LogP contribution in [0.15, 0.2) is 54.6 Å². The third-order valence-electron chi connectivity index (χ3n) is 3.28. The van der Waals surface area contributed by atoms with Crippen LogP contribution in [-0.2, 0) is 0 Å². The third-order valence-corrected chi connectivity index (χ3v) is 3.28. The minimum atomic E-state index is -0.306. The predicted molar refractivity (Wildman–Crippen MR) is 84.0 cm³/mol. The molecule has 4 heteroatoms. The fourth-order valence-corrected chi connectivity index (χ4v) is 2.15. The van der Waals surface area contributed by atoms with Crippen LogP contribution >= 0.6 is 0 Å². The predicted octanol–water partition coefficient (Wildman–Crippen LogP) is 3.97. The van der Waals surface area contributed by atoms with Crippen LogP contribution in [-0.4, -0.2) is 15.8 Å². The standard InChI is InChI=1S/C18H13FN2O/c1-12-18(21-16-5-3-2-4-15(16)20-12)17(22)11-8-13-6-9-14(19)10-7-13/h2-11H,1H3/b11-8+. The zero-order valence-corrected chi connectivity index (χ0v) is 12.0. The number of carbonyl (C=O) groups is 1. The van der Waals surface area contributed by atoms with Crippen molar-refractivity contribution < 1.29 is 9.18 Å². The van der Waals surface area contributed by atoms with Crippen molar-refractivity contribution in [2.45, 2.75) is 6.92 Å². The molecule has 108 valence electrons. The molecule has 0 saturated heterocycles. The number of halogens is 1. The highest BCUT2D eigenvalue weighted by atomic mass is 19.1. The number of carbonyl (C=O) groups excluding carboxylic acids is 1. The molecule has 3 aromatic rings. The first kappa shape index (κ1) is 14.1. The lowest BCUT2D eigenvalue weighted by atomic mass is 10.1. The average Bonchev–Trinajstić information content (AvgIpc) is 2.53. The molecule has 0 aliphatic carbocycles. The van der Waals surface area contributed by atoms with Gasteiger partial charge in [0.05, 0.1) is 16.7 Å². The van der Waals surface area contributed by atoms with Gasteiger partial charge in [0.1, 0.15) is 11.5 Å². The number of hydrogen-bond acceptors (Lipinski definition) is 3. The highest BCUT2D eigenvalue weighted by Gasteiger charge is 2.10. The van der Waals surface area contributed by atoms with Crippen LogP contribution in [0.1, 0.15) is 21.7 Å². The lowest BCUT2D eigenvalue weighted by Crippen LogP contribution is -2.04. The minimum Gasteiger partial charge on any atom is -0.287 e. The van der Waals surface area contributed by atoms with Crippen LogP contribution in [0, 0.1) is 12.7 Å². The molecule has 0 saturated carbocycles. The number of ketones is 1. The zero-order chi connectivity index (χ0) is 15.5. The first-order chi connectivity index (χ1) is 10.6. The zero-order valence-electron chi connectivity index (χ0n) is 12.0. The lowest BCUT2D eigenvalue weighted by molar-refractivity contribution is 0.104. The van der Waals surface area contributed by atoms with Gasteiger partial charge in [0.25, 0.3) is 0 Å². The highest BCUT2D eigenvalue weighted by molar-refractivity contribution is 6.06. The summed E-state index contributed by atoms with van der Waals surface area (Å²) in [4.78, 5) is 21.1. The van der Waals surface area contributed by atoms with Crippen LogP contribution in [0.25, 0.3) is 17.1 Å². The van der Waals surface area contributed by atoms with Gasteiger partial charge in [-0.15, -0.1) is 0 Å². The second kappa shape index (κ2) is 5.85. The number of aromatic nitrogens is 2. The molecule has 1 heterocycles. The molecule has 2 aromatic carbocycles. The normalized spacial score (nSPS) is 11.2. The topological polar surface area (TPSA) is 42.9 Å². The molecule has 1 aromatic heterocycles. The molecule has 0 aliphatic rings. The van der Waals surface area contributed by atoms with E-state index in [4.69, 9.17) is 0 Å².